The summed E-state index contributed by atoms with van der Waals surface area (Å²) < 4.78 is 10.8. The van der Waals surface area contributed by atoms with Crippen LogP contribution in [0, 0.1) is 0 Å². The fourth-order valence-electron chi connectivity index (χ4n) is 2.35. The van der Waals surface area contributed by atoms with Gasteiger partial charge in [-0.15, -0.1) is 0 Å². The number of benzene rings is 1. The Bertz CT molecular complexity index is 729. The molecule has 0 spiro atoms. The first kappa shape index (κ1) is 16.1. The van der Waals surface area contributed by atoms with Crippen molar-refractivity contribution in [3.8, 4) is 5.75 Å². The molecule has 0 atom stereocenters. The lowest BCUT2D eigenvalue weighted by atomic mass is 10.1. The standard InChI is InChI=1S/C17H21NO4/c1-5-18(6-2)17(20)14-10-16(19)22-15-9-12(21-11(3)4)7-8-13(14)15/h7-11H,5-6H2,1-4H3. The summed E-state index contributed by atoms with van der Waals surface area (Å²) in [7, 11) is 0. The van der Waals surface area contributed by atoms with Crippen molar-refractivity contribution in [2.24, 2.45) is 0 Å². The summed E-state index contributed by atoms with van der Waals surface area (Å²) in [6.45, 7) is 8.83. The van der Waals surface area contributed by atoms with Crippen molar-refractivity contribution in [2.75, 3.05) is 13.1 Å². The summed E-state index contributed by atoms with van der Waals surface area (Å²) in [5, 5.41) is 0.618. The predicted molar refractivity (Wildman–Crippen MR) is 85.5 cm³/mol. The van der Waals surface area contributed by atoms with Gasteiger partial charge in [-0.25, -0.2) is 4.79 Å². The molecule has 0 radical (unpaired) electrons. The second-order valence-corrected chi connectivity index (χ2v) is 5.28. The summed E-state index contributed by atoms with van der Waals surface area (Å²) in [5.41, 5.74) is 0.192. The van der Waals surface area contributed by atoms with E-state index in [2.05, 4.69) is 0 Å². The second kappa shape index (κ2) is 6.64. The molecule has 118 valence electrons. The Morgan fingerprint density at radius 2 is 1.91 bits per heavy atom. The number of carbonyl (C=O) groups excluding carboxylic acids is 1. The van der Waals surface area contributed by atoms with Gasteiger partial charge in [0.05, 0.1) is 11.7 Å². The molecule has 0 aliphatic rings. The van der Waals surface area contributed by atoms with Crippen molar-refractivity contribution in [1.82, 2.24) is 4.90 Å². The number of hydrogen-bond acceptors (Lipinski definition) is 4. The molecule has 0 aliphatic heterocycles. The van der Waals surface area contributed by atoms with Gasteiger partial charge < -0.3 is 14.1 Å². The molecule has 1 aromatic heterocycles. The van der Waals surface area contributed by atoms with Crippen molar-refractivity contribution in [1.29, 1.82) is 0 Å². The molecule has 0 unspecified atom stereocenters. The lowest BCUT2D eigenvalue weighted by Crippen LogP contribution is -2.31. The number of rotatable bonds is 5. The van der Waals surface area contributed by atoms with Gasteiger partial charge in [0.15, 0.2) is 0 Å². The first-order chi connectivity index (χ1) is 10.5. The third-order valence-electron chi connectivity index (χ3n) is 3.37. The van der Waals surface area contributed by atoms with Crippen LogP contribution >= 0.6 is 0 Å². The van der Waals surface area contributed by atoms with E-state index in [0.717, 1.165) is 0 Å². The summed E-state index contributed by atoms with van der Waals surface area (Å²) in [5.74, 6) is 0.443. The maximum absolute atomic E-state index is 12.5. The molecule has 2 aromatic rings. The summed E-state index contributed by atoms with van der Waals surface area (Å²) in [6.07, 6.45) is 0.0182. The molecule has 5 heteroatoms. The van der Waals surface area contributed by atoms with Gasteiger partial charge in [0.2, 0.25) is 0 Å². The van der Waals surface area contributed by atoms with E-state index in [9.17, 15) is 9.59 Å². The number of carbonyl (C=O) groups is 1. The highest BCUT2D eigenvalue weighted by atomic mass is 16.5. The number of hydrogen-bond donors (Lipinski definition) is 0. The van der Waals surface area contributed by atoms with E-state index in [-0.39, 0.29) is 12.0 Å². The lowest BCUT2D eigenvalue weighted by Gasteiger charge is -2.19. The molecule has 0 aliphatic carbocycles. The Morgan fingerprint density at radius 1 is 1.23 bits per heavy atom. The van der Waals surface area contributed by atoms with E-state index in [1.165, 1.54) is 6.07 Å². The van der Waals surface area contributed by atoms with E-state index < -0.39 is 5.63 Å². The Balaban J connectivity index is 2.56. The zero-order valence-corrected chi connectivity index (χ0v) is 13.4. The van der Waals surface area contributed by atoms with Crippen LogP contribution in [0.5, 0.6) is 5.75 Å². The predicted octanol–water partition coefficient (Wildman–Crippen LogP) is 3.06. The molecule has 2 rings (SSSR count). The molecule has 5 nitrogen and oxygen atoms in total. The Kier molecular flexibility index (Phi) is 4.85. The van der Waals surface area contributed by atoms with Gasteiger partial charge in [0.25, 0.3) is 5.91 Å². The molecule has 0 bridgehead atoms. The van der Waals surface area contributed by atoms with Crippen LogP contribution < -0.4 is 10.4 Å². The number of amides is 1. The van der Waals surface area contributed by atoms with Gasteiger partial charge in [-0.2, -0.15) is 0 Å². The number of ether oxygens (including phenoxy) is 1. The van der Waals surface area contributed by atoms with Crippen LogP contribution in [0.3, 0.4) is 0 Å². The maximum atomic E-state index is 12.5. The van der Waals surface area contributed by atoms with Gasteiger partial charge in [-0.05, 0) is 39.8 Å². The van der Waals surface area contributed by atoms with E-state index in [4.69, 9.17) is 9.15 Å². The molecule has 0 saturated carbocycles. The quantitative estimate of drug-likeness (QED) is 0.797. The maximum Gasteiger partial charge on any atom is 0.337 e. The first-order valence-corrected chi connectivity index (χ1v) is 7.50. The van der Waals surface area contributed by atoms with E-state index >= 15 is 0 Å². The zero-order chi connectivity index (χ0) is 16.3. The minimum Gasteiger partial charge on any atom is -0.491 e. The fraction of sp³-hybridized carbons (Fsp3) is 0.412. The van der Waals surface area contributed by atoms with Crippen molar-refractivity contribution in [3.63, 3.8) is 0 Å². The number of nitrogens with zero attached hydrogens (tertiary/aromatic N) is 1. The van der Waals surface area contributed by atoms with Crippen LogP contribution in [-0.2, 0) is 0 Å². The van der Waals surface area contributed by atoms with Crippen LogP contribution in [0.15, 0.2) is 33.5 Å². The topological polar surface area (TPSA) is 59.8 Å². The molecule has 1 heterocycles. The van der Waals surface area contributed by atoms with Crippen LogP contribution in [-0.4, -0.2) is 30.0 Å². The summed E-state index contributed by atoms with van der Waals surface area (Å²) in [4.78, 5) is 26.0. The van der Waals surface area contributed by atoms with Gasteiger partial charge in [0, 0.05) is 30.6 Å². The monoisotopic (exact) mass is 303 g/mol. The SMILES string of the molecule is CCN(CC)C(=O)c1cc(=O)oc2cc(OC(C)C)ccc12. The first-order valence-electron chi connectivity index (χ1n) is 7.50. The minimum atomic E-state index is -0.537. The molecular weight excluding hydrogens is 282 g/mol. The lowest BCUT2D eigenvalue weighted by molar-refractivity contribution is 0.0774. The smallest absolute Gasteiger partial charge is 0.337 e. The highest BCUT2D eigenvalue weighted by Crippen LogP contribution is 2.24. The van der Waals surface area contributed by atoms with Crippen LogP contribution in [0.4, 0.5) is 0 Å². The van der Waals surface area contributed by atoms with Crippen molar-refractivity contribution in [2.45, 2.75) is 33.8 Å². The number of fused-ring (bicyclic) bond motifs is 1. The van der Waals surface area contributed by atoms with E-state index in [1.54, 1.807) is 23.1 Å². The minimum absolute atomic E-state index is 0.0182. The molecule has 0 fully saturated rings. The normalized spacial score (nSPS) is 11.0. The summed E-state index contributed by atoms with van der Waals surface area (Å²) in [6, 6.07) is 6.44. The van der Waals surface area contributed by atoms with Crippen molar-refractivity contribution < 1.29 is 13.9 Å². The van der Waals surface area contributed by atoms with Gasteiger partial charge in [-0.1, -0.05) is 0 Å². The van der Waals surface area contributed by atoms with Crippen LogP contribution in [0.2, 0.25) is 0 Å². The third kappa shape index (κ3) is 3.30. The zero-order valence-electron chi connectivity index (χ0n) is 13.4. The van der Waals surface area contributed by atoms with Crippen molar-refractivity contribution >= 4 is 16.9 Å². The van der Waals surface area contributed by atoms with Crippen LogP contribution in [0.25, 0.3) is 11.0 Å². The molecule has 1 aromatic carbocycles. The molecule has 0 saturated heterocycles. The third-order valence-corrected chi connectivity index (χ3v) is 3.37. The average molecular weight is 303 g/mol. The molecule has 1 amide bonds. The highest BCUT2D eigenvalue weighted by molar-refractivity contribution is 6.05. The average Bonchev–Trinajstić information content (AvgIpc) is 2.46. The largest absolute Gasteiger partial charge is 0.491 e. The van der Waals surface area contributed by atoms with Gasteiger partial charge in [0.1, 0.15) is 11.3 Å². The second-order valence-electron chi connectivity index (χ2n) is 5.28. The Hall–Kier alpha value is -2.30. The van der Waals surface area contributed by atoms with Gasteiger partial charge in [-0.3, -0.25) is 4.79 Å². The van der Waals surface area contributed by atoms with Gasteiger partial charge >= 0.3 is 5.63 Å². The fourth-order valence-corrected chi connectivity index (χ4v) is 2.35. The molecule has 22 heavy (non-hydrogen) atoms. The molecular formula is C17H21NO4. The van der Waals surface area contributed by atoms with E-state index in [1.807, 2.05) is 27.7 Å². The molecule has 0 N–H and O–H groups in total. The van der Waals surface area contributed by atoms with Crippen molar-refractivity contribution in [3.05, 3.63) is 40.2 Å². The Morgan fingerprint density at radius 3 is 2.50 bits per heavy atom. The summed E-state index contributed by atoms with van der Waals surface area (Å²) >= 11 is 0. The van der Waals surface area contributed by atoms with Crippen LogP contribution in [0.1, 0.15) is 38.1 Å². The highest BCUT2D eigenvalue weighted by Gasteiger charge is 2.18. The Labute approximate surface area is 129 Å². The van der Waals surface area contributed by atoms with E-state index in [0.29, 0.717) is 35.4 Å².